The van der Waals surface area contributed by atoms with Crippen molar-refractivity contribution in [3.05, 3.63) is 11.1 Å². The van der Waals surface area contributed by atoms with Gasteiger partial charge in [-0.1, -0.05) is 0 Å². The van der Waals surface area contributed by atoms with Crippen molar-refractivity contribution >= 4 is 33.7 Å². The predicted octanol–water partition coefficient (Wildman–Crippen LogP) is 1.90. The summed E-state index contributed by atoms with van der Waals surface area (Å²) in [4.78, 5) is 6.91. The van der Waals surface area contributed by atoms with Crippen molar-refractivity contribution < 1.29 is 4.74 Å². The molecule has 1 fully saturated rings. The van der Waals surface area contributed by atoms with Gasteiger partial charge in [-0.3, -0.25) is 4.90 Å². The van der Waals surface area contributed by atoms with Gasteiger partial charge in [0.1, 0.15) is 15.8 Å². The molecule has 8 heteroatoms. The van der Waals surface area contributed by atoms with E-state index in [-0.39, 0.29) is 0 Å². The number of nitrogen functional groups attached to an aromatic ring is 1. The monoisotopic (exact) mass is 325 g/mol. The maximum atomic E-state index is 6.00. The third-order valence-corrected chi connectivity index (χ3v) is 5.17. The molecule has 0 unspecified atom stereocenters. The zero-order valence-electron chi connectivity index (χ0n) is 12.0. The number of hydrogen-bond acceptors (Lipinski definition) is 8. The minimum Gasteiger partial charge on any atom is -0.382 e. The summed E-state index contributed by atoms with van der Waals surface area (Å²) in [6.45, 7) is 7.53. The second-order valence-corrected chi connectivity index (χ2v) is 6.58. The molecule has 6 nitrogen and oxygen atoms in total. The predicted molar refractivity (Wildman–Crippen MR) is 88.1 cm³/mol. The number of hydrogen-bond donors (Lipinski definition) is 2. The number of anilines is 2. The van der Waals surface area contributed by atoms with Gasteiger partial charge in [0.2, 0.25) is 0 Å². The Labute approximate surface area is 132 Å². The highest BCUT2D eigenvalue weighted by atomic mass is 32.1. The molecule has 21 heavy (non-hydrogen) atoms. The first kappa shape index (κ1) is 14.7. The topological polar surface area (TPSA) is 76.3 Å². The summed E-state index contributed by atoms with van der Waals surface area (Å²) in [6.07, 6.45) is 0. The lowest BCUT2D eigenvalue weighted by Gasteiger charge is -2.26. The Bertz CT molecular complexity index is 591. The van der Waals surface area contributed by atoms with Gasteiger partial charge in [0, 0.05) is 37.3 Å². The molecule has 0 aliphatic carbocycles. The first-order valence-corrected chi connectivity index (χ1v) is 8.61. The van der Waals surface area contributed by atoms with Gasteiger partial charge < -0.3 is 15.8 Å². The third-order valence-electron chi connectivity index (χ3n) is 3.37. The normalized spacial score (nSPS) is 16.2. The first-order valence-electron chi connectivity index (χ1n) is 6.95. The Morgan fingerprint density at radius 1 is 1.43 bits per heavy atom. The Morgan fingerprint density at radius 3 is 2.95 bits per heavy atom. The molecule has 2 aromatic heterocycles. The number of aryl methyl sites for hydroxylation is 1. The van der Waals surface area contributed by atoms with Crippen LogP contribution < -0.4 is 11.1 Å². The summed E-state index contributed by atoms with van der Waals surface area (Å²) in [5.41, 5.74) is 7.95. The quantitative estimate of drug-likeness (QED) is 0.874. The molecule has 2 aromatic rings. The summed E-state index contributed by atoms with van der Waals surface area (Å²) in [6, 6.07) is 0. The van der Waals surface area contributed by atoms with Crippen LogP contribution in [0.1, 0.15) is 5.69 Å². The van der Waals surface area contributed by atoms with Crippen LogP contribution >= 0.6 is 22.9 Å². The zero-order valence-corrected chi connectivity index (χ0v) is 13.6. The van der Waals surface area contributed by atoms with Crippen LogP contribution in [0.3, 0.4) is 0 Å². The highest BCUT2D eigenvalue weighted by Crippen LogP contribution is 2.38. The minimum atomic E-state index is 0.559. The van der Waals surface area contributed by atoms with E-state index in [0.29, 0.717) is 5.82 Å². The van der Waals surface area contributed by atoms with Gasteiger partial charge in [0.15, 0.2) is 0 Å². The minimum absolute atomic E-state index is 0.559. The number of aromatic nitrogens is 2. The molecular formula is C13H19N5OS2. The fourth-order valence-electron chi connectivity index (χ4n) is 2.25. The molecular weight excluding hydrogens is 306 g/mol. The number of nitrogens with one attached hydrogen (secondary N) is 1. The van der Waals surface area contributed by atoms with E-state index in [1.165, 1.54) is 11.5 Å². The van der Waals surface area contributed by atoms with Crippen molar-refractivity contribution in [3.8, 4) is 10.6 Å². The van der Waals surface area contributed by atoms with E-state index >= 15 is 0 Å². The Morgan fingerprint density at radius 2 is 2.24 bits per heavy atom. The van der Waals surface area contributed by atoms with Gasteiger partial charge in [-0.25, -0.2) is 4.98 Å². The lowest BCUT2D eigenvalue weighted by atomic mass is 10.3. The van der Waals surface area contributed by atoms with Gasteiger partial charge in [0.25, 0.3) is 0 Å². The fraction of sp³-hybridized carbons (Fsp3) is 0.538. The molecule has 3 N–H and O–H groups in total. The van der Waals surface area contributed by atoms with Crippen molar-refractivity contribution in [2.24, 2.45) is 0 Å². The molecule has 0 aromatic carbocycles. The average Bonchev–Trinajstić information content (AvgIpc) is 3.06. The van der Waals surface area contributed by atoms with Crippen molar-refractivity contribution in [2.75, 3.05) is 50.4 Å². The smallest absolute Gasteiger partial charge is 0.149 e. The molecule has 3 heterocycles. The lowest BCUT2D eigenvalue weighted by Crippen LogP contribution is -2.38. The second-order valence-electron chi connectivity index (χ2n) is 4.95. The van der Waals surface area contributed by atoms with Gasteiger partial charge in [-0.05, 0) is 18.5 Å². The van der Waals surface area contributed by atoms with Crippen molar-refractivity contribution in [1.29, 1.82) is 0 Å². The largest absolute Gasteiger partial charge is 0.382 e. The van der Waals surface area contributed by atoms with Crippen molar-refractivity contribution in [1.82, 2.24) is 14.3 Å². The van der Waals surface area contributed by atoms with E-state index in [0.717, 1.165) is 60.7 Å². The van der Waals surface area contributed by atoms with E-state index < -0.39 is 0 Å². The molecule has 1 aliphatic rings. The van der Waals surface area contributed by atoms with Crippen molar-refractivity contribution in [2.45, 2.75) is 6.92 Å². The lowest BCUT2D eigenvalue weighted by molar-refractivity contribution is 0.0398. The van der Waals surface area contributed by atoms with Gasteiger partial charge in [-0.2, -0.15) is 4.37 Å². The SMILES string of the molecule is Cc1csc(-c2c(N)nsc2NCCN2CCOCC2)n1. The molecule has 0 amide bonds. The first-order chi connectivity index (χ1) is 10.2. The van der Waals surface area contributed by atoms with E-state index in [1.807, 2.05) is 12.3 Å². The van der Waals surface area contributed by atoms with Crippen LogP contribution in [0.25, 0.3) is 10.6 Å². The summed E-state index contributed by atoms with van der Waals surface area (Å²) in [5, 5.41) is 7.43. The van der Waals surface area contributed by atoms with E-state index in [1.54, 1.807) is 11.3 Å². The highest BCUT2D eigenvalue weighted by Gasteiger charge is 2.17. The van der Waals surface area contributed by atoms with Crippen LogP contribution in [0.15, 0.2) is 5.38 Å². The highest BCUT2D eigenvalue weighted by molar-refractivity contribution is 7.15. The summed E-state index contributed by atoms with van der Waals surface area (Å²) >= 11 is 3.01. The molecule has 0 spiro atoms. The second kappa shape index (κ2) is 6.69. The van der Waals surface area contributed by atoms with Gasteiger partial charge in [-0.15, -0.1) is 11.3 Å². The number of rotatable bonds is 5. The number of ether oxygens (including phenoxy) is 1. The van der Waals surface area contributed by atoms with Crippen LogP contribution in [0.4, 0.5) is 10.8 Å². The maximum absolute atomic E-state index is 6.00. The molecule has 0 saturated carbocycles. The average molecular weight is 325 g/mol. The molecule has 3 rings (SSSR count). The zero-order chi connectivity index (χ0) is 14.7. The summed E-state index contributed by atoms with van der Waals surface area (Å²) < 4.78 is 9.61. The number of thiazole rings is 1. The van der Waals surface area contributed by atoms with E-state index in [4.69, 9.17) is 10.5 Å². The molecule has 1 aliphatic heterocycles. The third kappa shape index (κ3) is 3.52. The standard InChI is InChI=1S/C13H19N5OS2/c1-9-8-20-13(16-9)10-11(14)17-21-12(10)15-2-3-18-4-6-19-7-5-18/h8,15H,2-7H2,1H3,(H2,14,17). The van der Waals surface area contributed by atoms with Gasteiger partial charge >= 0.3 is 0 Å². The van der Waals surface area contributed by atoms with Crippen LogP contribution in [-0.2, 0) is 4.74 Å². The number of nitrogens with two attached hydrogens (primary N) is 1. The van der Waals surface area contributed by atoms with Gasteiger partial charge in [0.05, 0.1) is 18.8 Å². The maximum Gasteiger partial charge on any atom is 0.149 e. The van der Waals surface area contributed by atoms with Crippen LogP contribution in [0.2, 0.25) is 0 Å². The van der Waals surface area contributed by atoms with E-state index in [2.05, 4.69) is 19.6 Å². The molecule has 0 radical (unpaired) electrons. The molecule has 1 saturated heterocycles. The van der Waals surface area contributed by atoms with Crippen LogP contribution in [0, 0.1) is 6.92 Å². The number of nitrogens with zero attached hydrogens (tertiary/aromatic N) is 3. The van der Waals surface area contributed by atoms with Crippen LogP contribution in [-0.4, -0.2) is 53.7 Å². The fourth-order valence-corrected chi connectivity index (χ4v) is 3.91. The summed E-state index contributed by atoms with van der Waals surface area (Å²) in [7, 11) is 0. The molecule has 0 atom stereocenters. The Kier molecular flexibility index (Phi) is 4.69. The van der Waals surface area contributed by atoms with E-state index in [9.17, 15) is 0 Å². The Hall–Kier alpha value is -1.22. The summed E-state index contributed by atoms with van der Waals surface area (Å²) in [5.74, 6) is 0.559. The van der Waals surface area contributed by atoms with Crippen molar-refractivity contribution in [3.63, 3.8) is 0 Å². The molecule has 114 valence electrons. The van der Waals surface area contributed by atoms with Crippen LogP contribution in [0.5, 0.6) is 0 Å². The number of morpholine rings is 1. The molecule has 0 bridgehead atoms. The Balaban J connectivity index is 1.63.